The lowest BCUT2D eigenvalue weighted by atomic mass is 10.0. The molecule has 10 nitrogen and oxygen atoms in total. The van der Waals surface area contributed by atoms with Gasteiger partial charge in [-0.3, -0.25) is 9.48 Å². The standard InChI is InChI=1S/C26H26N6O4/c1-15(29-24(33)23-22(27)16(2)30-26(35)31-23)18-7-5-8-19(11-18)21-12-28-32(14-21)13-17-6-4-9-20(10-17)25(34)36-3/h4-12,14-15H,2,13,27H2,1,3H3,(H,29,33)(H2,30,31,35)/t15-/m1/s1. The van der Waals surface area contributed by atoms with Gasteiger partial charge in [0.25, 0.3) is 5.91 Å². The Bertz CT molecular complexity index is 1390. The topological polar surface area (TPSA) is 140 Å². The third kappa shape index (κ3) is 5.27. The van der Waals surface area contributed by atoms with Crippen LogP contribution < -0.4 is 21.7 Å². The van der Waals surface area contributed by atoms with Gasteiger partial charge in [-0.05, 0) is 41.8 Å². The lowest BCUT2D eigenvalue weighted by Crippen LogP contribution is -2.47. The van der Waals surface area contributed by atoms with E-state index in [0.29, 0.717) is 12.1 Å². The van der Waals surface area contributed by atoms with Gasteiger partial charge in [-0.1, -0.05) is 36.9 Å². The van der Waals surface area contributed by atoms with E-state index in [1.54, 1.807) is 29.1 Å². The Balaban J connectivity index is 1.47. The molecule has 4 rings (SSSR count). The van der Waals surface area contributed by atoms with Crippen LogP contribution in [0.25, 0.3) is 11.1 Å². The monoisotopic (exact) mass is 486 g/mol. The number of nitrogens with two attached hydrogens (primary N) is 1. The van der Waals surface area contributed by atoms with Gasteiger partial charge in [-0.2, -0.15) is 5.10 Å². The number of esters is 1. The Kier molecular flexibility index (Phi) is 6.86. The van der Waals surface area contributed by atoms with E-state index in [1.165, 1.54) is 7.11 Å². The van der Waals surface area contributed by atoms with E-state index < -0.39 is 11.9 Å². The highest BCUT2D eigenvalue weighted by atomic mass is 16.5. The molecule has 1 aliphatic heterocycles. The molecule has 0 saturated carbocycles. The maximum absolute atomic E-state index is 12.7. The molecule has 5 N–H and O–H groups in total. The van der Waals surface area contributed by atoms with Crippen molar-refractivity contribution in [3.63, 3.8) is 0 Å². The molecule has 0 fully saturated rings. The molecular weight excluding hydrogens is 460 g/mol. The minimum absolute atomic E-state index is 0.0377. The van der Waals surface area contributed by atoms with Crippen LogP contribution in [0.15, 0.2) is 84.6 Å². The maximum Gasteiger partial charge on any atom is 0.337 e. The van der Waals surface area contributed by atoms with Crippen molar-refractivity contribution >= 4 is 17.9 Å². The van der Waals surface area contributed by atoms with Crippen LogP contribution in [0.3, 0.4) is 0 Å². The number of rotatable bonds is 7. The zero-order chi connectivity index (χ0) is 25.8. The second-order valence-electron chi connectivity index (χ2n) is 8.29. The Morgan fingerprint density at radius 1 is 1.17 bits per heavy atom. The fraction of sp³-hybridized carbons (Fsp3) is 0.154. The number of urea groups is 1. The van der Waals surface area contributed by atoms with Gasteiger partial charge in [0.05, 0.1) is 42.9 Å². The lowest BCUT2D eigenvalue weighted by Gasteiger charge is -2.22. The highest BCUT2D eigenvalue weighted by molar-refractivity contribution is 6.00. The molecule has 0 unspecified atom stereocenters. The summed E-state index contributed by atoms with van der Waals surface area (Å²) in [7, 11) is 1.35. The summed E-state index contributed by atoms with van der Waals surface area (Å²) in [5, 5.41) is 12.1. The summed E-state index contributed by atoms with van der Waals surface area (Å²) in [5.74, 6) is -0.897. The molecule has 0 radical (unpaired) electrons. The molecule has 2 heterocycles. The molecule has 36 heavy (non-hydrogen) atoms. The molecule has 1 atom stereocenters. The quantitative estimate of drug-likeness (QED) is 0.379. The van der Waals surface area contributed by atoms with Crippen molar-refractivity contribution in [3.8, 4) is 11.1 Å². The lowest BCUT2D eigenvalue weighted by molar-refractivity contribution is -0.118. The van der Waals surface area contributed by atoms with Crippen LogP contribution in [-0.2, 0) is 16.1 Å². The van der Waals surface area contributed by atoms with Gasteiger partial charge >= 0.3 is 12.0 Å². The number of carbonyl (C=O) groups excluding carboxylic acids is 3. The normalized spacial score (nSPS) is 14.1. The van der Waals surface area contributed by atoms with Gasteiger partial charge < -0.3 is 26.4 Å². The van der Waals surface area contributed by atoms with Crippen molar-refractivity contribution in [2.24, 2.45) is 5.73 Å². The largest absolute Gasteiger partial charge is 0.465 e. The molecule has 3 amide bonds. The molecule has 3 aromatic rings. The van der Waals surface area contributed by atoms with Crippen molar-refractivity contribution < 1.29 is 19.1 Å². The second-order valence-corrected chi connectivity index (χ2v) is 8.29. The van der Waals surface area contributed by atoms with Crippen LogP contribution in [0.2, 0.25) is 0 Å². The number of methoxy groups -OCH3 is 1. The molecule has 0 aliphatic carbocycles. The zero-order valence-corrected chi connectivity index (χ0v) is 19.9. The first-order valence-corrected chi connectivity index (χ1v) is 11.1. The molecular formula is C26H26N6O4. The van der Waals surface area contributed by atoms with E-state index in [4.69, 9.17) is 10.5 Å². The molecule has 1 aliphatic rings. The van der Waals surface area contributed by atoms with Crippen molar-refractivity contribution in [2.45, 2.75) is 19.5 Å². The number of hydrogen-bond donors (Lipinski definition) is 4. The number of hydrogen-bond acceptors (Lipinski definition) is 6. The van der Waals surface area contributed by atoms with Gasteiger partial charge in [0.15, 0.2) is 0 Å². The first kappa shape index (κ1) is 24.3. The first-order valence-electron chi connectivity index (χ1n) is 11.1. The molecule has 2 aromatic carbocycles. The van der Waals surface area contributed by atoms with Crippen molar-refractivity contribution in [2.75, 3.05) is 7.11 Å². The predicted molar refractivity (Wildman–Crippen MR) is 133 cm³/mol. The van der Waals surface area contributed by atoms with Gasteiger partial charge in [0.1, 0.15) is 5.70 Å². The average molecular weight is 487 g/mol. The SMILES string of the molecule is C=C1NC(=O)NC(C(=O)N[C@H](C)c2cccc(-c3cnn(Cc4cccc(C(=O)OC)c4)c3)c2)=C1N. The molecule has 10 heteroatoms. The Morgan fingerprint density at radius 3 is 2.72 bits per heavy atom. The van der Waals surface area contributed by atoms with Crippen LogP contribution in [0.5, 0.6) is 0 Å². The number of ether oxygens (including phenoxy) is 1. The fourth-order valence-electron chi connectivity index (χ4n) is 3.79. The number of nitrogens with one attached hydrogen (secondary N) is 3. The Labute approximate surface area is 207 Å². The average Bonchev–Trinajstić information content (AvgIpc) is 3.34. The van der Waals surface area contributed by atoms with Crippen molar-refractivity contribution in [1.82, 2.24) is 25.7 Å². The third-order valence-electron chi connectivity index (χ3n) is 5.72. The minimum Gasteiger partial charge on any atom is -0.465 e. The van der Waals surface area contributed by atoms with E-state index in [0.717, 1.165) is 22.3 Å². The predicted octanol–water partition coefficient (Wildman–Crippen LogP) is 2.56. The number of benzene rings is 2. The van der Waals surface area contributed by atoms with Crippen LogP contribution in [0.4, 0.5) is 4.79 Å². The summed E-state index contributed by atoms with van der Waals surface area (Å²) in [6, 6.07) is 14.0. The van der Waals surface area contributed by atoms with Crippen LogP contribution >= 0.6 is 0 Å². The molecule has 0 saturated heterocycles. The van der Waals surface area contributed by atoms with E-state index in [9.17, 15) is 14.4 Å². The van der Waals surface area contributed by atoms with Gasteiger partial charge in [0.2, 0.25) is 0 Å². The molecule has 184 valence electrons. The number of nitrogens with zero attached hydrogens (tertiary/aromatic N) is 2. The van der Waals surface area contributed by atoms with Gasteiger partial charge in [-0.15, -0.1) is 0 Å². The summed E-state index contributed by atoms with van der Waals surface area (Å²) in [6.07, 6.45) is 3.67. The van der Waals surface area contributed by atoms with E-state index in [2.05, 4.69) is 27.6 Å². The second kappa shape index (κ2) is 10.2. The summed E-state index contributed by atoms with van der Waals surface area (Å²) in [6.45, 7) is 5.96. The Morgan fingerprint density at radius 2 is 1.94 bits per heavy atom. The number of carbonyl (C=O) groups is 3. The highest BCUT2D eigenvalue weighted by Crippen LogP contribution is 2.24. The highest BCUT2D eigenvalue weighted by Gasteiger charge is 2.25. The molecule has 0 spiro atoms. The Hall–Kier alpha value is -4.86. The summed E-state index contributed by atoms with van der Waals surface area (Å²) in [5.41, 5.74) is 10.2. The van der Waals surface area contributed by atoms with Crippen molar-refractivity contribution in [1.29, 1.82) is 0 Å². The number of amides is 3. The van der Waals surface area contributed by atoms with Gasteiger partial charge in [0, 0.05) is 11.8 Å². The van der Waals surface area contributed by atoms with E-state index in [1.807, 2.05) is 43.5 Å². The third-order valence-corrected chi connectivity index (χ3v) is 5.72. The van der Waals surface area contributed by atoms with Crippen LogP contribution in [0, 0.1) is 0 Å². The summed E-state index contributed by atoms with van der Waals surface area (Å²) < 4.78 is 6.57. The maximum atomic E-state index is 12.7. The van der Waals surface area contributed by atoms with Crippen LogP contribution in [0.1, 0.15) is 34.5 Å². The fourth-order valence-corrected chi connectivity index (χ4v) is 3.79. The first-order chi connectivity index (χ1) is 17.2. The van der Waals surface area contributed by atoms with Crippen LogP contribution in [-0.4, -0.2) is 34.8 Å². The van der Waals surface area contributed by atoms with Crippen molar-refractivity contribution in [3.05, 3.63) is 101 Å². The summed E-state index contributed by atoms with van der Waals surface area (Å²) in [4.78, 5) is 36.2. The summed E-state index contributed by atoms with van der Waals surface area (Å²) >= 11 is 0. The minimum atomic E-state index is -0.567. The smallest absolute Gasteiger partial charge is 0.337 e. The molecule has 1 aromatic heterocycles. The van der Waals surface area contributed by atoms with Gasteiger partial charge in [-0.25, -0.2) is 9.59 Å². The number of aromatic nitrogens is 2. The molecule has 0 bridgehead atoms. The van der Waals surface area contributed by atoms with E-state index in [-0.39, 0.29) is 29.1 Å². The van der Waals surface area contributed by atoms with E-state index >= 15 is 0 Å². The zero-order valence-electron chi connectivity index (χ0n) is 19.9.